The molecule has 0 aromatic carbocycles. The van der Waals surface area contributed by atoms with Crippen molar-refractivity contribution in [3.05, 3.63) is 0 Å². The molecule has 26 heavy (non-hydrogen) atoms. The Kier molecular flexibility index (Phi) is 10.4. The average Bonchev–Trinajstić information content (AvgIpc) is 2.71. The first-order valence-electron chi connectivity index (χ1n) is 10.2. The van der Waals surface area contributed by atoms with Gasteiger partial charge in [-0.15, -0.1) is 0 Å². The Morgan fingerprint density at radius 2 is 1.00 bits per heavy atom. The van der Waals surface area contributed by atoms with Crippen LogP contribution in [0.4, 0.5) is 0 Å². The maximum absolute atomic E-state index is 5.88. The number of hydrogen-bond donors (Lipinski definition) is 0. The molecule has 2 aliphatic heterocycles. The normalized spacial score (nSPS) is 22.4. The quantitative estimate of drug-likeness (QED) is 0.461. The molecular formula is C20H38O6. The van der Waals surface area contributed by atoms with Crippen molar-refractivity contribution in [1.82, 2.24) is 0 Å². The maximum atomic E-state index is 5.88. The van der Waals surface area contributed by atoms with Crippen LogP contribution in [0.3, 0.4) is 0 Å². The van der Waals surface area contributed by atoms with Crippen LogP contribution in [0.15, 0.2) is 0 Å². The first kappa shape index (κ1) is 22.1. The van der Waals surface area contributed by atoms with E-state index in [0.717, 1.165) is 78.5 Å². The number of hydrogen-bond acceptors (Lipinski definition) is 6. The van der Waals surface area contributed by atoms with Crippen LogP contribution in [0.25, 0.3) is 0 Å². The van der Waals surface area contributed by atoms with Crippen molar-refractivity contribution in [1.29, 1.82) is 0 Å². The topological polar surface area (TPSA) is 55.4 Å². The fourth-order valence-electron chi connectivity index (χ4n) is 3.35. The monoisotopic (exact) mass is 374 g/mol. The molecule has 154 valence electrons. The van der Waals surface area contributed by atoms with E-state index in [-0.39, 0.29) is 10.8 Å². The lowest BCUT2D eigenvalue weighted by Crippen LogP contribution is -2.41. The third-order valence-electron chi connectivity index (χ3n) is 5.61. The van der Waals surface area contributed by atoms with Gasteiger partial charge in [-0.1, -0.05) is 26.7 Å². The lowest BCUT2D eigenvalue weighted by atomic mass is 9.87. The lowest BCUT2D eigenvalue weighted by molar-refractivity contribution is -0.182. The number of unbranched alkanes of at least 4 members (excludes halogenated alkanes) is 3. The number of rotatable bonds is 13. The van der Waals surface area contributed by atoms with Crippen molar-refractivity contribution in [2.45, 2.75) is 52.4 Å². The van der Waals surface area contributed by atoms with Gasteiger partial charge in [0.1, 0.15) is 13.6 Å². The lowest BCUT2D eigenvalue weighted by Gasteiger charge is -2.35. The minimum atomic E-state index is 0.0495. The summed E-state index contributed by atoms with van der Waals surface area (Å²) < 4.78 is 33.5. The van der Waals surface area contributed by atoms with Gasteiger partial charge in [0.25, 0.3) is 0 Å². The molecule has 6 nitrogen and oxygen atoms in total. The Morgan fingerprint density at radius 3 is 1.35 bits per heavy atom. The first-order valence-corrected chi connectivity index (χ1v) is 10.2. The molecule has 0 aromatic rings. The largest absolute Gasteiger partial charge is 0.381 e. The van der Waals surface area contributed by atoms with Gasteiger partial charge < -0.3 is 28.4 Å². The molecule has 0 aromatic heterocycles. The van der Waals surface area contributed by atoms with Crippen LogP contribution in [-0.4, -0.2) is 66.4 Å². The molecule has 0 radical (unpaired) electrons. The van der Waals surface area contributed by atoms with Crippen LogP contribution >= 0.6 is 0 Å². The summed E-state index contributed by atoms with van der Waals surface area (Å²) in [7, 11) is 0. The zero-order chi connectivity index (χ0) is 18.6. The molecule has 2 aliphatic rings. The van der Waals surface area contributed by atoms with Crippen molar-refractivity contribution in [2.75, 3.05) is 66.4 Å². The molecule has 0 bridgehead atoms. The molecule has 0 spiro atoms. The summed E-state index contributed by atoms with van der Waals surface area (Å²) in [6, 6.07) is 0. The molecule has 6 heteroatoms. The predicted molar refractivity (Wildman–Crippen MR) is 99.1 cm³/mol. The van der Waals surface area contributed by atoms with E-state index in [1.165, 1.54) is 12.8 Å². The molecule has 2 heterocycles. The van der Waals surface area contributed by atoms with Crippen LogP contribution in [-0.2, 0) is 28.4 Å². The first-order chi connectivity index (χ1) is 12.7. The van der Waals surface area contributed by atoms with E-state index in [9.17, 15) is 0 Å². The fourth-order valence-corrected chi connectivity index (χ4v) is 3.35. The van der Waals surface area contributed by atoms with Crippen LogP contribution in [0, 0.1) is 10.8 Å². The number of ether oxygens (including phenoxy) is 6. The summed E-state index contributed by atoms with van der Waals surface area (Å²) >= 11 is 0. The van der Waals surface area contributed by atoms with E-state index in [1.54, 1.807) is 0 Å². The Labute approximate surface area is 158 Å². The summed E-state index contributed by atoms with van der Waals surface area (Å²) in [5.41, 5.74) is 0.0990. The van der Waals surface area contributed by atoms with Gasteiger partial charge in [0.15, 0.2) is 0 Å². The molecule has 0 amide bonds. The average molecular weight is 375 g/mol. The summed E-state index contributed by atoms with van der Waals surface area (Å²) in [5.74, 6) is 0. The van der Waals surface area contributed by atoms with Gasteiger partial charge in [0, 0.05) is 24.0 Å². The van der Waals surface area contributed by atoms with E-state index in [2.05, 4.69) is 13.8 Å². The van der Waals surface area contributed by atoms with Gasteiger partial charge >= 0.3 is 0 Å². The SMILES string of the molecule is CCC1(COCCCCCCOCC2(CC)COCOC2)COCOC1. The maximum Gasteiger partial charge on any atom is 0.146 e. The summed E-state index contributed by atoms with van der Waals surface area (Å²) in [6.07, 6.45) is 6.62. The van der Waals surface area contributed by atoms with Gasteiger partial charge in [0.2, 0.25) is 0 Å². The summed E-state index contributed by atoms with van der Waals surface area (Å²) in [6.45, 7) is 11.3. The third-order valence-corrected chi connectivity index (χ3v) is 5.61. The minimum absolute atomic E-state index is 0.0495. The zero-order valence-electron chi connectivity index (χ0n) is 16.8. The summed E-state index contributed by atoms with van der Waals surface area (Å²) in [4.78, 5) is 0. The molecule has 0 N–H and O–H groups in total. The molecule has 0 unspecified atom stereocenters. The van der Waals surface area contributed by atoms with E-state index in [4.69, 9.17) is 28.4 Å². The highest BCUT2D eigenvalue weighted by molar-refractivity contribution is 4.79. The summed E-state index contributed by atoms with van der Waals surface area (Å²) in [5, 5.41) is 0. The van der Waals surface area contributed by atoms with Gasteiger partial charge in [-0.05, 0) is 25.7 Å². The molecule has 2 saturated heterocycles. The standard InChI is InChI=1S/C20H38O6/c1-3-19(13-23-17-24-14-19)11-21-9-7-5-6-8-10-22-12-20(4-2)15-25-18-26-16-20/h3-18H2,1-2H3. The van der Waals surface area contributed by atoms with Crippen LogP contribution in [0.2, 0.25) is 0 Å². The van der Waals surface area contributed by atoms with E-state index in [0.29, 0.717) is 13.6 Å². The van der Waals surface area contributed by atoms with Gasteiger partial charge in [-0.3, -0.25) is 0 Å². The van der Waals surface area contributed by atoms with Gasteiger partial charge in [-0.25, -0.2) is 0 Å². The molecule has 0 aliphatic carbocycles. The highest BCUT2D eigenvalue weighted by Crippen LogP contribution is 2.27. The second kappa shape index (κ2) is 12.3. The molecule has 2 rings (SSSR count). The third kappa shape index (κ3) is 7.41. The Bertz CT molecular complexity index is 316. The fraction of sp³-hybridized carbons (Fsp3) is 1.00. The van der Waals surface area contributed by atoms with E-state index < -0.39 is 0 Å². The Balaban J connectivity index is 1.42. The van der Waals surface area contributed by atoms with Crippen molar-refractivity contribution >= 4 is 0 Å². The molecular weight excluding hydrogens is 336 g/mol. The molecule has 0 saturated carbocycles. The zero-order valence-corrected chi connectivity index (χ0v) is 16.8. The van der Waals surface area contributed by atoms with Crippen molar-refractivity contribution in [2.24, 2.45) is 10.8 Å². The van der Waals surface area contributed by atoms with Gasteiger partial charge in [0.05, 0.1) is 39.6 Å². The smallest absolute Gasteiger partial charge is 0.146 e. The van der Waals surface area contributed by atoms with Crippen molar-refractivity contribution in [3.8, 4) is 0 Å². The second-order valence-electron chi connectivity index (χ2n) is 7.86. The Morgan fingerprint density at radius 1 is 0.615 bits per heavy atom. The highest BCUT2D eigenvalue weighted by Gasteiger charge is 2.33. The van der Waals surface area contributed by atoms with Crippen LogP contribution in [0.1, 0.15) is 52.4 Å². The Hall–Kier alpha value is -0.240. The van der Waals surface area contributed by atoms with E-state index in [1.807, 2.05) is 0 Å². The molecule has 2 fully saturated rings. The van der Waals surface area contributed by atoms with Crippen molar-refractivity contribution in [3.63, 3.8) is 0 Å². The van der Waals surface area contributed by atoms with Crippen molar-refractivity contribution < 1.29 is 28.4 Å². The predicted octanol–water partition coefficient (Wildman–Crippen LogP) is 3.38. The highest BCUT2D eigenvalue weighted by atomic mass is 16.7. The second-order valence-corrected chi connectivity index (χ2v) is 7.86. The van der Waals surface area contributed by atoms with Crippen LogP contribution in [0.5, 0.6) is 0 Å². The van der Waals surface area contributed by atoms with E-state index >= 15 is 0 Å². The minimum Gasteiger partial charge on any atom is -0.381 e. The van der Waals surface area contributed by atoms with Crippen LogP contribution < -0.4 is 0 Å². The van der Waals surface area contributed by atoms with Gasteiger partial charge in [-0.2, -0.15) is 0 Å². The molecule has 0 atom stereocenters.